The zero-order chi connectivity index (χ0) is 16.4. The van der Waals surface area contributed by atoms with Gasteiger partial charge in [0.1, 0.15) is 11.4 Å². The Hall–Kier alpha value is -2.46. The Morgan fingerprint density at radius 1 is 1.26 bits per heavy atom. The van der Waals surface area contributed by atoms with Crippen molar-refractivity contribution in [2.75, 3.05) is 7.11 Å². The highest BCUT2D eigenvalue weighted by molar-refractivity contribution is 6.31. The van der Waals surface area contributed by atoms with Crippen molar-refractivity contribution in [1.29, 1.82) is 0 Å². The third kappa shape index (κ3) is 3.03. The van der Waals surface area contributed by atoms with Crippen LogP contribution >= 0.6 is 11.6 Å². The van der Waals surface area contributed by atoms with E-state index in [1.165, 1.54) is 0 Å². The SMILES string of the molecule is COc1ccc2[nH]c(C(=O)NCc3ccccc3Cl)c(C)c2c1. The molecule has 0 unspecified atom stereocenters. The predicted molar refractivity (Wildman–Crippen MR) is 92.2 cm³/mol. The van der Waals surface area contributed by atoms with Gasteiger partial charge in [-0.25, -0.2) is 0 Å². The minimum atomic E-state index is -0.155. The van der Waals surface area contributed by atoms with Crippen molar-refractivity contribution in [2.24, 2.45) is 0 Å². The summed E-state index contributed by atoms with van der Waals surface area (Å²) in [6.07, 6.45) is 0. The van der Waals surface area contributed by atoms with Crippen LogP contribution in [0.2, 0.25) is 5.02 Å². The minimum absolute atomic E-state index is 0.155. The summed E-state index contributed by atoms with van der Waals surface area (Å²) in [6.45, 7) is 2.30. The van der Waals surface area contributed by atoms with Gasteiger partial charge in [-0.3, -0.25) is 4.79 Å². The normalized spacial score (nSPS) is 10.7. The Labute approximate surface area is 139 Å². The summed E-state index contributed by atoms with van der Waals surface area (Å²) in [5, 5.41) is 4.52. The van der Waals surface area contributed by atoms with E-state index >= 15 is 0 Å². The Morgan fingerprint density at radius 2 is 2.04 bits per heavy atom. The van der Waals surface area contributed by atoms with Crippen LogP contribution in [-0.2, 0) is 6.54 Å². The molecule has 0 spiro atoms. The van der Waals surface area contributed by atoms with Gasteiger partial charge >= 0.3 is 0 Å². The van der Waals surface area contributed by atoms with Gasteiger partial charge in [0.15, 0.2) is 0 Å². The van der Waals surface area contributed by atoms with E-state index < -0.39 is 0 Å². The molecule has 0 saturated heterocycles. The van der Waals surface area contributed by atoms with E-state index in [1.807, 2.05) is 49.4 Å². The van der Waals surface area contributed by atoms with Crippen molar-refractivity contribution >= 4 is 28.4 Å². The molecule has 0 bridgehead atoms. The van der Waals surface area contributed by atoms with Crippen LogP contribution in [0.15, 0.2) is 42.5 Å². The smallest absolute Gasteiger partial charge is 0.268 e. The molecule has 3 aromatic rings. The van der Waals surface area contributed by atoms with E-state index in [9.17, 15) is 4.79 Å². The summed E-state index contributed by atoms with van der Waals surface area (Å²) in [5.74, 6) is 0.611. The number of methoxy groups -OCH3 is 1. The van der Waals surface area contributed by atoms with Crippen molar-refractivity contribution in [3.63, 3.8) is 0 Å². The Balaban J connectivity index is 1.83. The fourth-order valence-corrected chi connectivity index (χ4v) is 2.77. The van der Waals surface area contributed by atoms with Crippen molar-refractivity contribution in [3.05, 3.63) is 64.3 Å². The summed E-state index contributed by atoms with van der Waals surface area (Å²) in [4.78, 5) is 15.6. The molecule has 3 rings (SSSR count). The van der Waals surface area contributed by atoms with Crippen molar-refractivity contribution in [1.82, 2.24) is 10.3 Å². The Morgan fingerprint density at radius 3 is 2.78 bits per heavy atom. The van der Waals surface area contributed by atoms with Gasteiger partial charge in [-0.2, -0.15) is 0 Å². The number of rotatable bonds is 4. The maximum Gasteiger partial charge on any atom is 0.268 e. The van der Waals surface area contributed by atoms with Crippen LogP contribution in [0.25, 0.3) is 10.9 Å². The van der Waals surface area contributed by atoms with Crippen molar-refractivity contribution in [2.45, 2.75) is 13.5 Å². The van der Waals surface area contributed by atoms with E-state index in [0.717, 1.165) is 27.8 Å². The molecule has 5 heteroatoms. The first-order valence-electron chi connectivity index (χ1n) is 7.28. The highest BCUT2D eigenvalue weighted by Gasteiger charge is 2.15. The number of hydrogen-bond acceptors (Lipinski definition) is 2. The first-order chi connectivity index (χ1) is 11.1. The third-order valence-corrected chi connectivity index (χ3v) is 4.26. The number of aryl methyl sites for hydroxylation is 1. The van der Waals surface area contributed by atoms with Gasteiger partial charge in [0.2, 0.25) is 0 Å². The van der Waals surface area contributed by atoms with E-state index in [2.05, 4.69) is 10.3 Å². The lowest BCUT2D eigenvalue weighted by atomic mass is 10.1. The molecule has 0 aliphatic rings. The monoisotopic (exact) mass is 328 g/mol. The van der Waals surface area contributed by atoms with Crippen LogP contribution in [-0.4, -0.2) is 18.0 Å². The molecule has 1 aromatic heterocycles. The summed E-state index contributed by atoms with van der Waals surface area (Å²) >= 11 is 6.11. The van der Waals surface area contributed by atoms with Gasteiger partial charge in [0.05, 0.1) is 7.11 Å². The molecule has 0 radical (unpaired) electrons. The maximum atomic E-state index is 12.5. The molecule has 0 aliphatic heterocycles. The lowest BCUT2D eigenvalue weighted by molar-refractivity contribution is 0.0946. The fraction of sp³-hybridized carbons (Fsp3) is 0.167. The maximum absolute atomic E-state index is 12.5. The average molecular weight is 329 g/mol. The van der Waals surface area contributed by atoms with Gasteiger partial charge in [-0.15, -0.1) is 0 Å². The van der Waals surface area contributed by atoms with Crippen LogP contribution in [0.4, 0.5) is 0 Å². The fourth-order valence-electron chi connectivity index (χ4n) is 2.57. The number of benzene rings is 2. The molecule has 23 heavy (non-hydrogen) atoms. The first-order valence-corrected chi connectivity index (χ1v) is 7.66. The number of fused-ring (bicyclic) bond motifs is 1. The number of carbonyl (C=O) groups excluding carboxylic acids is 1. The van der Waals surface area contributed by atoms with Crippen LogP contribution in [0, 0.1) is 6.92 Å². The number of nitrogens with one attached hydrogen (secondary N) is 2. The number of hydrogen-bond donors (Lipinski definition) is 2. The number of H-pyrrole nitrogens is 1. The van der Waals surface area contributed by atoms with Crippen LogP contribution < -0.4 is 10.1 Å². The molecule has 0 fully saturated rings. The molecule has 4 nitrogen and oxygen atoms in total. The molecule has 2 aromatic carbocycles. The summed E-state index contributed by atoms with van der Waals surface area (Å²) in [5.41, 5.74) is 3.25. The van der Waals surface area contributed by atoms with Gasteiger partial charge in [-0.1, -0.05) is 29.8 Å². The van der Waals surface area contributed by atoms with Crippen molar-refractivity contribution in [3.8, 4) is 5.75 Å². The van der Waals surface area contributed by atoms with Gasteiger partial charge < -0.3 is 15.0 Å². The Kier molecular flexibility index (Phi) is 4.26. The quantitative estimate of drug-likeness (QED) is 0.758. The standard InChI is InChI=1S/C18H17ClN2O2/c1-11-14-9-13(23-2)7-8-16(14)21-17(11)18(22)20-10-12-5-3-4-6-15(12)19/h3-9,21H,10H2,1-2H3,(H,20,22). The van der Waals surface area contributed by atoms with Crippen LogP contribution in [0.1, 0.15) is 21.6 Å². The lowest BCUT2D eigenvalue weighted by Gasteiger charge is -2.06. The summed E-state index contributed by atoms with van der Waals surface area (Å²) < 4.78 is 5.24. The lowest BCUT2D eigenvalue weighted by Crippen LogP contribution is -2.24. The second kappa shape index (κ2) is 6.34. The first kappa shape index (κ1) is 15.4. The largest absolute Gasteiger partial charge is 0.497 e. The predicted octanol–water partition coefficient (Wildman–Crippen LogP) is 4.07. The molecule has 0 atom stereocenters. The molecule has 1 amide bonds. The van der Waals surface area contributed by atoms with Crippen molar-refractivity contribution < 1.29 is 9.53 Å². The van der Waals surface area contributed by atoms with Crippen LogP contribution in [0.3, 0.4) is 0 Å². The highest BCUT2D eigenvalue weighted by Crippen LogP contribution is 2.26. The number of aromatic nitrogens is 1. The number of halogens is 1. The number of amides is 1. The number of carbonyl (C=O) groups is 1. The zero-order valence-electron chi connectivity index (χ0n) is 12.9. The van der Waals surface area contributed by atoms with Gasteiger partial charge in [0.25, 0.3) is 5.91 Å². The van der Waals surface area contributed by atoms with Gasteiger partial charge in [-0.05, 0) is 42.3 Å². The second-order valence-electron chi connectivity index (χ2n) is 5.31. The topological polar surface area (TPSA) is 54.1 Å². The Bertz CT molecular complexity index is 871. The molecule has 1 heterocycles. The third-order valence-electron chi connectivity index (χ3n) is 3.89. The average Bonchev–Trinajstić information content (AvgIpc) is 2.90. The summed E-state index contributed by atoms with van der Waals surface area (Å²) in [7, 11) is 1.63. The van der Waals surface area contributed by atoms with Gasteiger partial charge in [0, 0.05) is 22.5 Å². The van der Waals surface area contributed by atoms with E-state index in [0.29, 0.717) is 17.3 Å². The molecule has 0 aliphatic carbocycles. The summed E-state index contributed by atoms with van der Waals surface area (Å²) in [6, 6.07) is 13.2. The number of aromatic amines is 1. The van der Waals surface area contributed by atoms with Crippen LogP contribution in [0.5, 0.6) is 5.75 Å². The minimum Gasteiger partial charge on any atom is -0.497 e. The molecule has 118 valence electrons. The number of ether oxygens (including phenoxy) is 1. The molecule has 2 N–H and O–H groups in total. The molecular weight excluding hydrogens is 312 g/mol. The van der Waals surface area contributed by atoms with E-state index in [1.54, 1.807) is 7.11 Å². The second-order valence-corrected chi connectivity index (χ2v) is 5.72. The van der Waals surface area contributed by atoms with E-state index in [-0.39, 0.29) is 5.91 Å². The molecular formula is C18H17ClN2O2. The van der Waals surface area contributed by atoms with E-state index in [4.69, 9.17) is 16.3 Å². The highest BCUT2D eigenvalue weighted by atomic mass is 35.5. The zero-order valence-corrected chi connectivity index (χ0v) is 13.7. The molecule has 0 saturated carbocycles.